The van der Waals surface area contributed by atoms with Crippen LogP contribution in [0, 0.1) is 0 Å². The SMILES string of the molecule is [F-].[F-].[F-].[F-].[F-].[F-].[Na+].[Sb+5]. The number of hydrogen-bond acceptors (Lipinski definition) is 0. The van der Waals surface area contributed by atoms with Crippen LogP contribution in [0.25, 0.3) is 0 Å². The van der Waals surface area contributed by atoms with Crippen molar-refractivity contribution in [2.75, 3.05) is 0 Å². The summed E-state index contributed by atoms with van der Waals surface area (Å²) >= 11 is 0. The van der Waals surface area contributed by atoms with E-state index < -0.39 is 0 Å². The maximum Gasteiger partial charge on any atom is 5.00 e. The number of hydrogen-bond donors (Lipinski definition) is 0. The predicted molar refractivity (Wildman–Crippen MR) is 5.75 cm³/mol. The summed E-state index contributed by atoms with van der Waals surface area (Å²) in [6.45, 7) is 0. The summed E-state index contributed by atoms with van der Waals surface area (Å²) in [5, 5.41) is 0. The van der Waals surface area contributed by atoms with Gasteiger partial charge >= 0.3 is 54.0 Å². The van der Waals surface area contributed by atoms with Gasteiger partial charge in [0.05, 0.1) is 0 Å². The molecule has 0 spiro atoms. The first kappa shape index (κ1) is 339. The largest absolute Gasteiger partial charge is 5.00 e. The van der Waals surface area contributed by atoms with E-state index in [-0.39, 0.29) is 82.2 Å². The quantitative estimate of drug-likeness (QED) is 0.299. The third-order valence-electron chi connectivity index (χ3n) is 0. The number of halogens is 6. The molecule has 8 heteroatoms. The maximum atomic E-state index is 0. The van der Waals surface area contributed by atoms with Gasteiger partial charge < -0.3 is 28.2 Å². The summed E-state index contributed by atoms with van der Waals surface area (Å²) in [6, 6.07) is 0. The summed E-state index contributed by atoms with van der Waals surface area (Å²) < 4.78 is 0. The van der Waals surface area contributed by atoms with Crippen molar-refractivity contribution in [3.63, 3.8) is 0 Å². The summed E-state index contributed by atoms with van der Waals surface area (Å²) in [4.78, 5) is 0. The average molecular weight is 259 g/mol. The monoisotopic (exact) mass is 258 g/mol. The van der Waals surface area contributed by atoms with E-state index in [1.54, 1.807) is 0 Å². The van der Waals surface area contributed by atoms with Gasteiger partial charge in [0.25, 0.3) is 0 Å². The van der Waals surface area contributed by atoms with Gasteiger partial charge in [-0.25, -0.2) is 0 Å². The normalized spacial score (nSPS) is 0. The van der Waals surface area contributed by atoms with E-state index in [2.05, 4.69) is 0 Å². The molecule has 0 aliphatic carbocycles. The molecule has 48 valence electrons. The Balaban J connectivity index is 0. The second-order valence-corrected chi connectivity index (χ2v) is 0. The van der Waals surface area contributed by atoms with Crippen LogP contribution < -0.4 is 57.8 Å². The molecule has 0 aromatic carbocycles. The topological polar surface area (TPSA) is 0 Å². The smallest absolute Gasteiger partial charge is 1.00 e. The molecule has 0 radical (unpaired) electrons. The van der Waals surface area contributed by atoms with Crippen molar-refractivity contribution in [1.82, 2.24) is 0 Å². The number of rotatable bonds is 0. The first-order valence-electron chi connectivity index (χ1n) is 0. The van der Waals surface area contributed by atoms with Crippen LogP contribution in [0.15, 0.2) is 0 Å². The van der Waals surface area contributed by atoms with Gasteiger partial charge in [-0.3, -0.25) is 0 Å². The van der Waals surface area contributed by atoms with Gasteiger partial charge in [-0.15, -0.1) is 0 Å². The minimum absolute atomic E-state index is 0. The van der Waals surface area contributed by atoms with E-state index in [1.165, 1.54) is 0 Å². The summed E-state index contributed by atoms with van der Waals surface area (Å²) in [5.41, 5.74) is 0. The van der Waals surface area contributed by atoms with Crippen LogP contribution in [0.5, 0.6) is 0 Å². The van der Waals surface area contributed by atoms with Crippen LogP contribution in [-0.4, -0.2) is 24.4 Å². The second kappa shape index (κ2) is 235. The average Bonchev–Trinajstić information content (AvgIpc) is 0. The predicted octanol–water partition coefficient (Wildman–Crippen LogP) is -21.4. The fourth-order valence-electron chi connectivity index (χ4n) is 0. The molecule has 0 rings (SSSR count). The first-order chi connectivity index (χ1) is 0. The molecular weight excluding hydrogens is 259 g/mol. The third-order valence-corrected chi connectivity index (χ3v) is 0. The molecule has 0 aromatic heterocycles. The van der Waals surface area contributed by atoms with E-state index in [9.17, 15) is 0 Å². The van der Waals surface area contributed by atoms with E-state index in [1.807, 2.05) is 0 Å². The maximum absolute atomic E-state index is 0. The molecule has 0 amide bonds. The molecule has 8 heavy (non-hydrogen) atoms. The van der Waals surface area contributed by atoms with Gasteiger partial charge in [0.1, 0.15) is 0 Å². The Hall–Kier alpha value is 1.40. The van der Waals surface area contributed by atoms with Crippen LogP contribution in [0.3, 0.4) is 0 Å². The Morgan fingerprint density at radius 3 is 0.375 bits per heavy atom. The molecule has 0 atom stereocenters. The van der Waals surface area contributed by atoms with Gasteiger partial charge in [-0.2, -0.15) is 0 Å². The zero-order valence-corrected chi connectivity index (χ0v) is 8.27. The molecule has 0 saturated carbocycles. The second-order valence-electron chi connectivity index (χ2n) is 0. The van der Waals surface area contributed by atoms with E-state index >= 15 is 0 Å². The van der Waals surface area contributed by atoms with Gasteiger partial charge in [0.2, 0.25) is 0 Å². The van der Waals surface area contributed by atoms with Crippen molar-refractivity contribution < 1.29 is 57.8 Å². The van der Waals surface area contributed by atoms with Gasteiger partial charge in [-0.05, 0) is 0 Å². The minimum atomic E-state index is 0. The Morgan fingerprint density at radius 1 is 0.375 bits per heavy atom. The molecule has 0 aromatic rings. The van der Waals surface area contributed by atoms with Gasteiger partial charge in [0.15, 0.2) is 0 Å². The Labute approximate surface area is 81.7 Å². The van der Waals surface area contributed by atoms with Crippen LogP contribution in [0.4, 0.5) is 0 Å². The van der Waals surface area contributed by atoms with Crippen LogP contribution in [0.1, 0.15) is 0 Å². The fraction of sp³-hybridized carbons (Fsp3) is 0. The molecule has 0 unspecified atom stereocenters. The standard InChI is InChI=1S/6FH.Na.Sb/h6*1H;;/q;;;;;;+1;+5/p-6. The molecule has 0 heterocycles. The third kappa shape index (κ3) is 155. The van der Waals surface area contributed by atoms with Crippen molar-refractivity contribution in [2.45, 2.75) is 0 Å². The zero-order valence-electron chi connectivity index (χ0n) is 3.72. The molecule has 0 N–H and O–H groups in total. The van der Waals surface area contributed by atoms with Crippen molar-refractivity contribution in [3.8, 4) is 0 Å². The van der Waals surface area contributed by atoms with Crippen molar-refractivity contribution in [1.29, 1.82) is 0 Å². The molecule has 0 fully saturated rings. The minimum Gasteiger partial charge on any atom is -1.00 e. The molecule has 0 aliphatic rings. The zero-order chi connectivity index (χ0) is 0. The Bertz CT molecular complexity index is 8.49. The van der Waals surface area contributed by atoms with Crippen LogP contribution >= 0.6 is 0 Å². The summed E-state index contributed by atoms with van der Waals surface area (Å²) in [5.74, 6) is 0. The molecule has 0 nitrogen and oxygen atoms in total. The fourth-order valence-corrected chi connectivity index (χ4v) is 0. The summed E-state index contributed by atoms with van der Waals surface area (Å²) in [7, 11) is 0. The van der Waals surface area contributed by atoms with Crippen molar-refractivity contribution in [2.24, 2.45) is 0 Å². The Morgan fingerprint density at radius 2 is 0.375 bits per heavy atom. The Kier molecular flexibility index (Phi) is 9970. The van der Waals surface area contributed by atoms with Gasteiger partial charge in [-0.1, -0.05) is 0 Å². The summed E-state index contributed by atoms with van der Waals surface area (Å²) in [6.07, 6.45) is 0. The first-order valence-corrected chi connectivity index (χ1v) is 0. The molecule has 0 aliphatic heterocycles. The van der Waals surface area contributed by atoms with E-state index in [0.717, 1.165) is 0 Å². The van der Waals surface area contributed by atoms with Crippen molar-refractivity contribution in [3.05, 3.63) is 0 Å². The van der Waals surface area contributed by atoms with E-state index in [0.29, 0.717) is 0 Å². The molecule has 0 saturated heterocycles. The van der Waals surface area contributed by atoms with Crippen LogP contribution in [0.2, 0.25) is 0 Å². The molecular formula is F6NaSb. The van der Waals surface area contributed by atoms with Crippen molar-refractivity contribution >= 4 is 24.4 Å². The van der Waals surface area contributed by atoms with Crippen LogP contribution in [-0.2, 0) is 0 Å². The van der Waals surface area contributed by atoms with E-state index in [4.69, 9.17) is 0 Å². The molecule has 0 bridgehead atoms. The van der Waals surface area contributed by atoms with Gasteiger partial charge in [0, 0.05) is 0 Å².